The van der Waals surface area contributed by atoms with Gasteiger partial charge in [0.05, 0.1) is 11.2 Å². The first-order chi connectivity index (χ1) is 9.80. The molecule has 0 aliphatic carbocycles. The number of anilines is 1. The minimum Gasteiger partial charge on any atom is -0.399 e. The van der Waals surface area contributed by atoms with Crippen LogP contribution in [-0.2, 0) is 9.31 Å². The van der Waals surface area contributed by atoms with Gasteiger partial charge >= 0.3 is 7.12 Å². The minimum atomic E-state index is -0.699. The van der Waals surface area contributed by atoms with Gasteiger partial charge in [0.15, 0.2) is 0 Å². The van der Waals surface area contributed by atoms with Gasteiger partial charge in [0.1, 0.15) is 11.6 Å². The number of hydrogen-bond acceptors (Lipinski definition) is 4. The molecule has 3 heterocycles. The molecule has 1 aromatic heterocycles. The average Bonchev–Trinajstić information content (AvgIpc) is 2.96. The first-order valence-corrected chi connectivity index (χ1v) is 7.56. The Kier molecular flexibility index (Phi) is 3.49. The minimum absolute atomic E-state index is 0.314. The van der Waals surface area contributed by atoms with E-state index in [1.807, 2.05) is 27.7 Å². The smallest absolute Gasteiger partial charge is 0.399 e. The largest absolute Gasteiger partial charge is 0.499 e. The predicted octanol–water partition coefficient (Wildman–Crippen LogP) is 2.12. The molecule has 1 aromatic rings. The summed E-state index contributed by atoms with van der Waals surface area (Å²) in [6.07, 6.45) is 3.83. The van der Waals surface area contributed by atoms with Crippen LogP contribution in [0.1, 0.15) is 40.5 Å². The van der Waals surface area contributed by atoms with Crippen LogP contribution in [-0.4, -0.2) is 36.4 Å². The lowest BCUT2D eigenvalue weighted by Gasteiger charge is -2.32. The number of rotatable bonds is 2. The van der Waals surface area contributed by atoms with Crippen molar-refractivity contribution in [3.63, 3.8) is 0 Å². The van der Waals surface area contributed by atoms with Crippen LogP contribution in [0.2, 0.25) is 0 Å². The average molecular weight is 292 g/mol. The maximum Gasteiger partial charge on any atom is 0.499 e. The summed E-state index contributed by atoms with van der Waals surface area (Å²) in [6.45, 7) is 9.71. The van der Waals surface area contributed by atoms with Crippen LogP contribution in [0.3, 0.4) is 0 Å². The van der Waals surface area contributed by atoms with Crippen molar-refractivity contribution >= 4 is 18.4 Å². The second kappa shape index (κ2) is 4.95. The van der Waals surface area contributed by atoms with Gasteiger partial charge in [-0.15, -0.1) is 0 Å². The van der Waals surface area contributed by atoms with E-state index in [9.17, 15) is 4.39 Å². The Morgan fingerprint density at radius 2 is 1.71 bits per heavy atom. The summed E-state index contributed by atoms with van der Waals surface area (Å²) in [5.74, 6) is 0.385. The van der Waals surface area contributed by atoms with Gasteiger partial charge in [0, 0.05) is 30.8 Å². The van der Waals surface area contributed by atoms with Gasteiger partial charge in [-0.05, 0) is 40.5 Å². The fourth-order valence-corrected chi connectivity index (χ4v) is 2.69. The Balaban J connectivity index is 1.84. The third-order valence-electron chi connectivity index (χ3n) is 4.80. The van der Waals surface area contributed by atoms with E-state index >= 15 is 0 Å². The van der Waals surface area contributed by atoms with E-state index in [0.717, 1.165) is 25.9 Å². The molecule has 0 bridgehead atoms. The lowest BCUT2D eigenvalue weighted by Crippen LogP contribution is -2.41. The molecular formula is C15H22BFN2O2. The fourth-order valence-electron chi connectivity index (χ4n) is 2.69. The topological polar surface area (TPSA) is 34.6 Å². The molecule has 2 fully saturated rings. The van der Waals surface area contributed by atoms with Crippen LogP contribution in [0.4, 0.5) is 10.2 Å². The van der Waals surface area contributed by atoms with Crippen LogP contribution in [0, 0.1) is 5.82 Å². The van der Waals surface area contributed by atoms with Crippen molar-refractivity contribution in [3.05, 3.63) is 18.1 Å². The SMILES string of the molecule is CC1(C)OB(c2cnc(N3CCCC3)cc2F)OC1(C)C. The molecule has 0 unspecified atom stereocenters. The summed E-state index contributed by atoms with van der Waals surface area (Å²) in [7, 11) is -0.699. The van der Waals surface area contributed by atoms with Crippen LogP contribution in [0.25, 0.3) is 0 Å². The van der Waals surface area contributed by atoms with Crippen LogP contribution in [0.15, 0.2) is 12.3 Å². The standard InChI is InChI=1S/C15H22BFN2O2/c1-14(2)15(3,4)21-16(20-14)11-10-18-13(9-12(11)17)19-7-5-6-8-19/h9-10H,5-8H2,1-4H3. The third kappa shape index (κ3) is 2.55. The highest BCUT2D eigenvalue weighted by Crippen LogP contribution is 2.36. The summed E-state index contributed by atoms with van der Waals surface area (Å²) < 4.78 is 26.2. The van der Waals surface area contributed by atoms with Crippen LogP contribution < -0.4 is 10.4 Å². The number of hydrogen-bond donors (Lipinski definition) is 0. The molecule has 0 amide bonds. The van der Waals surface area contributed by atoms with E-state index in [1.165, 1.54) is 6.07 Å². The van der Waals surface area contributed by atoms with Gasteiger partial charge < -0.3 is 14.2 Å². The quantitative estimate of drug-likeness (QED) is 0.782. The van der Waals surface area contributed by atoms with E-state index in [2.05, 4.69) is 9.88 Å². The summed E-state index contributed by atoms with van der Waals surface area (Å²) in [4.78, 5) is 6.50. The van der Waals surface area contributed by atoms with Crippen molar-refractivity contribution in [3.8, 4) is 0 Å². The van der Waals surface area contributed by atoms with Crippen molar-refractivity contribution < 1.29 is 13.7 Å². The van der Waals surface area contributed by atoms with Crippen LogP contribution in [0.5, 0.6) is 0 Å². The van der Waals surface area contributed by atoms with Crippen LogP contribution >= 0.6 is 0 Å². The molecule has 114 valence electrons. The molecule has 0 spiro atoms. The normalized spacial score (nSPS) is 23.9. The zero-order chi connectivity index (χ0) is 15.3. The number of aromatic nitrogens is 1. The first-order valence-electron chi connectivity index (χ1n) is 7.56. The van der Waals surface area contributed by atoms with E-state index in [1.54, 1.807) is 6.20 Å². The Morgan fingerprint density at radius 3 is 2.24 bits per heavy atom. The number of halogens is 1. The monoisotopic (exact) mass is 292 g/mol. The lowest BCUT2D eigenvalue weighted by molar-refractivity contribution is 0.00578. The predicted molar refractivity (Wildman–Crippen MR) is 81.4 cm³/mol. The molecule has 0 N–H and O–H groups in total. The van der Waals surface area contributed by atoms with Gasteiger partial charge in [0.25, 0.3) is 0 Å². The summed E-state index contributed by atoms with van der Waals surface area (Å²) in [5, 5.41) is 0. The highest BCUT2D eigenvalue weighted by Gasteiger charge is 2.52. The molecule has 6 heteroatoms. The zero-order valence-corrected chi connectivity index (χ0v) is 13.1. The molecule has 3 rings (SSSR count). The second-order valence-corrected chi connectivity index (χ2v) is 6.85. The summed E-state index contributed by atoms with van der Waals surface area (Å²) >= 11 is 0. The number of nitrogens with zero attached hydrogens (tertiary/aromatic N) is 2. The second-order valence-electron chi connectivity index (χ2n) is 6.85. The van der Waals surface area contributed by atoms with Gasteiger partial charge in [-0.25, -0.2) is 9.37 Å². The summed E-state index contributed by atoms with van der Waals surface area (Å²) in [6, 6.07) is 1.49. The maximum absolute atomic E-state index is 14.4. The van der Waals surface area contributed by atoms with Gasteiger partial charge in [-0.2, -0.15) is 0 Å². The Labute approximate surface area is 125 Å². The van der Waals surface area contributed by atoms with Crippen molar-refractivity contribution in [1.29, 1.82) is 0 Å². The maximum atomic E-state index is 14.4. The van der Waals surface area contributed by atoms with E-state index in [4.69, 9.17) is 9.31 Å². The fraction of sp³-hybridized carbons (Fsp3) is 0.667. The van der Waals surface area contributed by atoms with E-state index in [-0.39, 0.29) is 5.82 Å². The Hall–Kier alpha value is -1.14. The van der Waals surface area contributed by atoms with E-state index < -0.39 is 18.3 Å². The molecule has 0 atom stereocenters. The lowest BCUT2D eigenvalue weighted by atomic mass is 9.80. The van der Waals surface area contributed by atoms with Gasteiger partial charge in [-0.1, -0.05) is 0 Å². The van der Waals surface area contributed by atoms with Crippen molar-refractivity contribution in [1.82, 2.24) is 4.98 Å². The number of pyridine rings is 1. The Bertz CT molecular complexity index is 528. The molecule has 21 heavy (non-hydrogen) atoms. The molecule has 0 saturated carbocycles. The summed E-state index contributed by atoms with van der Waals surface area (Å²) in [5.41, 5.74) is -0.577. The molecule has 4 nitrogen and oxygen atoms in total. The highest BCUT2D eigenvalue weighted by atomic mass is 19.1. The van der Waals surface area contributed by atoms with Gasteiger partial charge in [0.2, 0.25) is 0 Å². The molecule has 0 aromatic carbocycles. The molecular weight excluding hydrogens is 270 g/mol. The molecule has 2 aliphatic heterocycles. The first kappa shape index (κ1) is 14.8. The molecule has 2 aliphatic rings. The van der Waals surface area contributed by atoms with E-state index in [0.29, 0.717) is 11.3 Å². The third-order valence-corrected chi connectivity index (χ3v) is 4.80. The van der Waals surface area contributed by atoms with Crippen molar-refractivity contribution in [2.45, 2.75) is 51.7 Å². The molecule has 2 saturated heterocycles. The highest BCUT2D eigenvalue weighted by molar-refractivity contribution is 6.62. The van der Waals surface area contributed by atoms with Crippen molar-refractivity contribution in [2.24, 2.45) is 0 Å². The molecule has 0 radical (unpaired) electrons. The zero-order valence-electron chi connectivity index (χ0n) is 13.1. The van der Waals surface area contributed by atoms with Gasteiger partial charge in [-0.3, -0.25) is 0 Å². The Morgan fingerprint density at radius 1 is 1.14 bits per heavy atom. The van der Waals surface area contributed by atoms with Crippen molar-refractivity contribution in [2.75, 3.05) is 18.0 Å².